The van der Waals surface area contributed by atoms with Crippen LogP contribution >= 0.6 is 27.3 Å². The van der Waals surface area contributed by atoms with Crippen LogP contribution in [0.25, 0.3) is 0 Å². The molecule has 0 radical (unpaired) electrons. The monoisotopic (exact) mass is 311 g/mol. The maximum atomic E-state index is 4.38. The van der Waals surface area contributed by atoms with Gasteiger partial charge >= 0.3 is 0 Å². The zero-order valence-corrected chi connectivity index (χ0v) is 12.4. The number of aromatic nitrogens is 2. The van der Waals surface area contributed by atoms with E-state index >= 15 is 0 Å². The minimum absolute atomic E-state index is 0.182. The van der Waals surface area contributed by atoms with Gasteiger partial charge in [0.25, 0.3) is 0 Å². The van der Waals surface area contributed by atoms with E-state index in [1.807, 2.05) is 13.1 Å². The van der Waals surface area contributed by atoms with Gasteiger partial charge in [-0.25, -0.2) is 9.97 Å². The molecule has 2 aromatic heterocycles. The predicted molar refractivity (Wildman–Crippen MR) is 75.6 cm³/mol. The highest BCUT2D eigenvalue weighted by atomic mass is 79.9. The highest BCUT2D eigenvalue weighted by molar-refractivity contribution is 9.10. The number of halogens is 1. The van der Waals surface area contributed by atoms with Crippen LogP contribution in [0.2, 0.25) is 0 Å². The van der Waals surface area contributed by atoms with Crippen LogP contribution in [0.15, 0.2) is 22.9 Å². The van der Waals surface area contributed by atoms with Gasteiger partial charge in [0.1, 0.15) is 10.8 Å². The first-order valence-electron chi connectivity index (χ1n) is 5.37. The first kappa shape index (κ1) is 12.5. The fourth-order valence-corrected chi connectivity index (χ4v) is 2.75. The lowest BCUT2D eigenvalue weighted by Crippen LogP contribution is -2.08. The molecule has 5 heteroatoms. The molecule has 0 saturated heterocycles. The molecule has 1 N–H and O–H groups in total. The number of aryl methyl sites for hydroxylation is 2. The molecular formula is C12H14BrN3S. The summed E-state index contributed by atoms with van der Waals surface area (Å²) in [5.74, 6) is 0.911. The van der Waals surface area contributed by atoms with Gasteiger partial charge in [0.05, 0.1) is 6.04 Å². The molecule has 2 rings (SSSR count). The van der Waals surface area contributed by atoms with Crippen LogP contribution in [-0.2, 0) is 0 Å². The zero-order valence-electron chi connectivity index (χ0n) is 9.99. The molecule has 0 aliphatic carbocycles. The molecule has 0 amide bonds. The summed E-state index contributed by atoms with van der Waals surface area (Å²) in [4.78, 5) is 9.98. The van der Waals surface area contributed by atoms with E-state index in [2.05, 4.69) is 51.1 Å². The molecule has 1 atom stereocenters. The van der Waals surface area contributed by atoms with Crippen LogP contribution in [0.4, 0.5) is 5.82 Å². The SMILES string of the molecule is Cc1cnc(C(C)Nc2ncc(Br)cc2C)s1. The Kier molecular flexibility index (Phi) is 3.79. The summed E-state index contributed by atoms with van der Waals surface area (Å²) in [6.45, 7) is 6.21. The second-order valence-corrected chi connectivity index (χ2v) is 6.18. The second-order valence-electron chi connectivity index (χ2n) is 3.99. The second kappa shape index (κ2) is 5.14. The average molecular weight is 312 g/mol. The van der Waals surface area contributed by atoms with Crippen LogP contribution in [0.1, 0.15) is 28.4 Å². The van der Waals surface area contributed by atoms with E-state index < -0.39 is 0 Å². The van der Waals surface area contributed by atoms with Gasteiger partial charge in [0.15, 0.2) is 0 Å². The van der Waals surface area contributed by atoms with E-state index in [4.69, 9.17) is 0 Å². The summed E-state index contributed by atoms with van der Waals surface area (Å²) in [6, 6.07) is 2.23. The number of hydrogen-bond donors (Lipinski definition) is 1. The van der Waals surface area contributed by atoms with E-state index in [0.717, 1.165) is 20.9 Å². The van der Waals surface area contributed by atoms with Crippen molar-refractivity contribution in [1.82, 2.24) is 9.97 Å². The number of anilines is 1. The van der Waals surface area contributed by atoms with Crippen molar-refractivity contribution in [3.8, 4) is 0 Å². The molecule has 2 heterocycles. The van der Waals surface area contributed by atoms with E-state index in [1.54, 1.807) is 17.5 Å². The summed E-state index contributed by atoms with van der Waals surface area (Å²) in [7, 11) is 0. The highest BCUT2D eigenvalue weighted by Crippen LogP contribution is 2.24. The predicted octanol–water partition coefficient (Wildman–Crippen LogP) is 4.09. The van der Waals surface area contributed by atoms with Crippen LogP contribution < -0.4 is 5.32 Å². The van der Waals surface area contributed by atoms with Gasteiger partial charge in [-0.05, 0) is 48.3 Å². The van der Waals surface area contributed by atoms with E-state index in [-0.39, 0.29) is 6.04 Å². The molecule has 17 heavy (non-hydrogen) atoms. The lowest BCUT2D eigenvalue weighted by molar-refractivity contribution is 0.857. The van der Waals surface area contributed by atoms with Crippen LogP contribution in [0, 0.1) is 13.8 Å². The largest absolute Gasteiger partial charge is 0.361 e. The first-order chi connectivity index (χ1) is 8.06. The van der Waals surface area contributed by atoms with Crippen molar-refractivity contribution in [1.29, 1.82) is 0 Å². The van der Waals surface area contributed by atoms with Gasteiger partial charge in [-0.1, -0.05) is 0 Å². The van der Waals surface area contributed by atoms with Crippen molar-refractivity contribution in [2.24, 2.45) is 0 Å². The third kappa shape index (κ3) is 3.04. The maximum absolute atomic E-state index is 4.38. The zero-order chi connectivity index (χ0) is 12.4. The topological polar surface area (TPSA) is 37.8 Å². The van der Waals surface area contributed by atoms with Gasteiger partial charge in [-0.3, -0.25) is 0 Å². The van der Waals surface area contributed by atoms with Gasteiger partial charge in [0, 0.05) is 21.7 Å². The number of hydrogen-bond acceptors (Lipinski definition) is 4. The molecule has 0 spiro atoms. The number of pyridine rings is 1. The van der Waals surface area contributed by atoms with Crippen molar-refractivity contribution in [3.63, 3.8) is 0 Å². The minimum Gasteiger partial charge on any atom is -0.361 e. The van der Waals surface area contributed by atoms with Crippen molar-refractivity contribution < 1.29 is 0 Å². The summed E-state index contributed by atoms with van der Waals surface area (Å²) >= 11 is 5.12. The number of nitrogens with one attached hydrogen (secondary N) is 1. The third-order valence-electron chi connectivity index (χ3n) is 2.41. The van der Waals surface area contributed by atoms with Gasteiger partial charge in [-0.15, -0.1) is 11.3 Å². The normalized spacial score (nSPS) is 12.5. The molecule has 0 saturated carbocycles. The molecule has 0 bridgehead atoms. The van der Waals surface area contributed by atoms with E-state index in [0.29, 0.717) is 0 Å². The smallest absolute Gasteiger partial charge is 0.129 e. The Hall–Kier alpha value is -0.940. The lowest BCUT2D eigenvalue weighted by atomic mass is 10.2. The van der Waals surface area contributed by atoms with Crippen molar-refractivity contribution in [3.05, 3.63) is 38.4 Å². The molecule has 0 fully saturated rings. The average Bonchev–Trinajstić information content (AvgIpc) is 2.69. The van der Waals surface area contributed by atoms with Gasteiger partial charge in [-0.2, -0.15) is 0 Å². The summed E-state index contributed by atoms with van der Waals surface area (Å²) in [5.41, 5.74) is 1.12. The Morgan fingerprint density at radius 3 is 2.65 bits per heavy atom. The third-order valence-corrected chi connectivity index (χ3v) is 3.94. The van der Waals surface area contributed by atoms with Crippen molar-refractivity contribution in [2.45, 2.75) is 26.8 Å². The van der Waals surface area contributed by atoms with Crippen molar-refractivity contribution in [2.75, 3.05) is 5.32 Å². The van der Waals surface area contributed by atoms with Crippen LogP contribution in [0.3, 0.4) is 0 Å². The molecule has 0 aromatic carbocycles. The Bertz CT molecular complexity index is 524. The fraction of sp³-hybridized carbons (Fsp3) is 0.333. The van der Waals surface area contributed by atoms with E-state index in [1.165, 1.54) is 4.88 Å². The standard InChI is InChI=1S/C12H14BrN3S/c1-7-4-10(13)6-14-11(7)16-9(3)12-15-5-8(2)17-12/h4-6,9H,1-3H3,(H,14,16). The minimum atomic E-state index is 0.182. The van der Waals surface area contributed by atoms with Crippen LogP contribution in [-0.4, -0.2) is 9.97 Å². The molecule has 90 valence electrons. The summed E-state index contributed by atoms with van der Waals surface area (Å²) in [5, 5.41) is 4.47. The Morgan fingerprint density at radius 2 is 2.06 bits per heavy atom. The lowest BCUT2D eigenvalue weighted by Gasteiger charge is -2.13. The quantitative estimate of drug-likeness (QED) is 0.927. The molecule has 0 aliphatic rings. The number of nitrogens with zero attached hydrogens (tertiary/aromatic N) is 2. The van der Waals surface area contributed by atoms with E-state index in [9.17, 15) is 0 Å². The number of thiazole rings is 1. The maximum Gasteiger partial charge on any atom is 0.129 e. The Labute approximate surface area is 113 Å². The van der Waals surface area contributed by atoms with Crippen LogP contribution in [0.5, 0.6) is 0 Å². The van der Waals surface area contributed by atoms with Gasteiger partial charge < -0.3 is 5.32 Å². The highest BCUT2D eigenvalue weighted by Gasteiger charge is 2.11. The Morgan fingerprint density at radius 1 is 1.29 bits per heavy atom. The summed E-state index contributed by atoms with van der Waals surface area (Å²) in [6.07, 6.45) is 3.70. The molecule has 3 nitrogen and oxygen atoms in total. The molecule has 1 unspecified atom stereocenters. The van der Waals surface area contributed by atoms with Gasteiger partial charge in [0.2, 0.25) is 0 Å². The summed E-state index contributed by atoms with van der Waals surface area (Å²) < 4.78 is 0.998. The Balaban J connectivity index is 2.15. The first-order valence-corrected chi connectivity index (χ1v) is 6.98. The van der Waals surface area contributed by atoms with Crippen molar-refractivity contribution >= 4 is 33.1 Å². The molecular weight excluding hydrogens is 298 g/mol. The fourth-order valence-electron chi connectivity index (χ4n) is 1.53. The number of rotatable bonds is 3. The molecule has 2 aromatic rings. The molecule has 0 aliphatic heterocycles.